The van der Waals surface area contributed by atoms with E-state index in [2.05, 4.69) is 15.9 Å². The van der Waals surface area contributed by atoms with E-state index in [1.54, 1.807) is 12.1 Å². The van der Waals surface area contributed by atoms with Gasteiger partial charge >= 0.3 is 5.97 Å². The maximum atomic E-state index is 11.3. The van der Waals surface area contributed by atoms with Crippen LogP contribution in [0.15, 0.2) is 22.7 Å². The van der Waals surface area contributed by atoms with Gasteiger partial charge in [0.1, 0.15) is 18.4 Å². The summed E-state index contributed by atoms with van der Waals surface area (Å²) in [7, 11) is 0. The van der Waals surface area contributed by atoms with Crippen molar-refractivity contribution in [3.05, 3.63) is 27.7 Å². The van der Waals surface area contributed by atoms with Crippen LogP contribution < -0.4 is 4.74 Å². The molecule has 0 radical (unpaired) electrons. The molecule has 0 amide bonds. The fourth-order valence-corrected chi connectivity index (χ4v) is 3.38. The van der Waals surface area contributed by atoms with Gasteiger partial charge in [-0.2, -0.15) is 0 Å². The van der Waals surface area contributed by atoms with Crippen molar-refractivity contribution in [2.75, 3.05) is 19.7 Å². The van der Waals surface area contributed by atoms with Gasteiger partial charge in [0.05, 0.1) is 4.47 Å². The van der Waals surface area contributed by atoms with Crippen molar-refractivity contribution in [3.63, 3.8) is 0 Å². The Morgan fingerprint density at radius 1 is 1.43 bits per heavy atom. The Kier molecular flexibility index (Phi) is 6.33. The summed E-state index contributed by atoms with van der Waals surface area (Å²) in [4.78, 5) is 13.4. The fourth-order valence-electron chi connectivity index (χ4n) is 2.58. The molecule has 1 aliphatic heterocycles. The van der Waals surface area contributed by atoms with Gasteiger partial charge in [0, 0.05) is 11.6 Å². The van der Waals surface area contributed by atoms with Crippen LogP contribution >= 0.6 is 27.5 Å². The summed E-state index contributed by atoms with van der Waals surface area (Å²) in [6, 6.07) is 4.98. The second-order valence-corrected chi connectivity index (χ2v) is 6.45. The molecule has 0 aliphatic carbocycles. The lowest BCUT2D eigenvalue weighted by molar-refractivity contribution is -0.143. The van der Waals surface area contributed by atoms with Crippen LogP contribution in [0.5, 0.6) is 5.75 Å². The summed E-state index contributed by atoms with van der Waals surface area (Å²) < 4.78 is 6.53. The molecule has 21 heavy (non-hydrogen) atoms. The third kappa shape index (κ3) is 4.87. The maximum absolute atomic E-state index is 11.3. The predicted octanol–water partition coefficient (Wildman–Crippen LogP) is 3.81. The SMILES string of the molecule is O=C(O)C1CCCCCN1CCOc1ccc(Cl)cc1Br. The van der Waals surface area contributed by atoms with Gasteiger partial charge < -0.3 is 9.84 Å². The standard InChI is InChI=1S/C15H19BrClNO3/c16-12-10-11(17)5-6-14(12)21-9-8-18-7-3-1-2-4-13(18)15(19)20/h5-6,10,13H,1-4,7-9H2,(H,19,20). The van der Waals surface area contributed by atoms with Crippen molar-refractivity contribution in [3.8, 4) is 5.75 Å². The van der Waals surface area contributed by atoms with E-state index in [4.69, 9.17) is 16.3 Å². The van der Waals surface area contributed by atoms with E-state index in [0.717, 1.165) is 42.5 Å². The van der Waals surface area contributed by atoms with Crippen LogP contribution in [0.1, 0.15) is 25.7 Å². The minimum Gasteiger partial charge on any atom is -0.491 e. The normalized spacial score (nSPS) is 20.0. The average Bonchev–Trinajstić information content (AvgIpc) is 2.66. The first-order valence-electron chi connectivity index (χ1n) is 7.12. The molecule has 2 rings (SSSR count). The zero-order chi connectivity index (χ0) is 15.2. The molecule has 0 bridgehead atoms. The summed E-state index contributed by atoms with van der Waals surface area (Å²) in [5.74, 6) is -0.00864. The summed E-state index contributed by atoms with van der Waals surface area (Å²) in [5, 5.41) is 9.97. The molecule has 0 aromatic heterocycles. The van der Waals surface area contributed by atoms with Gasteiger partial charge in [0.15, 0.2) is 0 Å². The molecule has 1 heterocycles. The predicted molar refractivity (Wildman–Crippen MR) is 86.1 cm³/mol. The highest BCUT2D eigenvalue weighted by Gasteiger charge is 2.26. The van der Waals surface area contributed by atoms with Gasteiger partial charge in [-0.05, 0) is 53.5 Å². The smallest absolute Gasteiger partial charge is 0.320 e. The molecule has 1 aromatic carbocycles. The molecule has 0 spiro atoms. The Morgan fingerprint density at radius 2 is 2.24 bits per heavy atom. The van der Waals surface area contributed by atoms with E-state index >= 15 is 0 Å². The number of likely N-dealkylation sites (tertiary alicyclic amines) is 1. The van der Waals surface area contributed by atoms with Crippen molar-refractivity contribution in [1.82, 2.24) is 4.90 Å². The lowest BCUT2D eigenvalue weighted by atomic mass is 10.1. The number of carbonyl (C=O) groups is 1. The number of hydrogen-bond donors (Lipinski definition) is 1. The molecule has 1 saturated heterocycles. The van der Waals surface area contributed by atoms with Crippen molar-refractivity contribution < 1.29 is 14.6 Å². The zero-order valence-electron chi connectivity index (χ0n) is 11.7. The van der Waals surface area contributed by atoms with Gasteiger partial charge in [-0.15, -0.1) is 0 Å². The van der Waals surface area contributed by atoms with Crippen molar-refractivity contribution >= 4 is 33.5 Å². The number of hydrogen-bond acceptors (Lipinski definition) is 3. The van der Waals surface area contributed by atoms with Crippen LogP contribution in [0.2, 0.25) is 5.02 Å². The molecule has 4 nitrogen and oxygen atoms in total. The van der Waals surface area contributed by atoms with Crippen LogP contribution in [0.25, 0.3) is 0 Å². The van der Waals surface area contributed by atoms with Crippen LogP contribution in [-0.2, 0) is 4.79 Å². The molecular formula is C15H19BrClNO3. The van der Waals surface area contributed by atoms with Crippen LogP contribution in [0.3, 0.4) is 0 Å². The summed E-state index contributed by atoms with van der Waals surface area (Å²) >= 11 is 9.29. The van der Waals surface area contributed by atoms with Crippen molar-refractivity contribution in [2.24, 2.45) is 0 Å². The monoisotopic (exact) mass is 375 g/mol. The Hall–Kier alpha value is -0.780. The molecule has 0 saturated carbocycles. The number of rotatable bonds is 5. The number of nitrogens with zero attached hydrogens (tertiary/aromatic N) is 1. The topological polar surface area (TPSA) is 49.8 Å². The Morgan fingerprint density at radius 3 is 2.95 bits per heavy atom. The number of aliphatic carboxylic acids is 1. The highest BCUT2D eigenvalue weighted by Crippen LogP contribution is 2.28. The second kappa shape index (κ2) is 8.01. The van der Waals surface area contributed by atoms with Gasteiger partial charge in [-0.1, -0.05) is 24.4 Å². The molecule has 1 fully saturated rings. The molecule has 1 unspecified atom stereocenters. The molecule has 116 valence electrons. The summed E-state index contributed by atoms with van der Waals surface area (Å²) in [5.41, 5.74) is 0. The second-order valence-electron chi connectivity index (χ2n) is 5.16. The highest BCUT2D eigenvalue weighted by molar-refractivity contribution is 9.10. The largest absolute Gasteiger partial charge is 0.491 e. The maximum Gasteiger partial charge on any atom is 0.320 e. The van der Waals surface area contributed by atoms with E-state index in [1.807, 2.05) is 11.0 Å². The Labute approximate surface area is 138 Å². The minimum absolute atomic E-state index is 0.384. The number of ether oxygens (including phenoxy) is 1. The fraction of sp³-hybridized carbons (Fsp3) is 0.533. The molecule has 1 aliphatic rings. The molecule has 6 heteroatoms. The lowest BCUT2D eigenvalue weighted by Crippen LogP contribution is -2.42. The van der Waals surface area contributed by atoms with Gasteiger partial charge in [0.2, 0.25) is 0 Å². The van der Waals surface area contributed by atoms with Crippen LogP contribution in [0.4, 0.5) is 0 Å². The first-order chi connectivity index (χ1) is 10.1. The first kappa shape index (κ1) is 16.6. The zero-order valence-corrected chi connectivity index (χ0v) is 14.1. The Bertz CT molecular complexity index is 498. The molecule has 1 atom stereocenters. The van der Waals surface area contributed by atoms with Crippen molar-refractivity contribution in [2.45, 2.75) is 31.7 Å². The third-order valence-electron chi connectivity index (χ3n) is 3.68. The first-order valence-corrected chi connectivity index (χ1v) is 8.30. The number of carboxylic acids is 1. The van der Waals surface area contributed by atoms with Gasteiger partial charge in [-0.3, -0.25) is 9.69 Å². The average molecular weight is 377 g/mol. The van der Waals surface area contributed by atoms with Gasteiger partial charge in [-0.25, -0.2) is 0 Å². The van der Waals surface area contributed by atoms with E-state index in [1.165, 1.54) is 0 Å². The van der Waals surface area contributed by atoms with Gasteiger partial charge in [0.25, 0.3) is 0 Å². The van der Waals surface area contributed by atoms with Crippen molar-refractivity contribution in [1.29, 1.82) is 0 Å². The summed E-state index contributed by atoms with van der Waals surface area (Å²) in [6.45, 7) is 1.90. The van der Waals surface area contributed by atoms with E-state index in [9.17, 15) is 9.90 Å². The van der Waals surface area contributed by atoms with Crippen LogP contribution in [-0.4, -0.2) is 41.7 Å². The molecule has 1 N–H and O–H groups in total. The number of carboxylic acid groups (broad SMARTS) is 1. The van der Waals surface area contributed by atoms with E-state index < -0.39 is 5.97 Å². The lowest BCUT2D eigenvalue weighted by Gasteiger charge is -2.26. The van der Waals surface area contributed by atoms with E-state index in [-0.39, 0.29) is 6.04 Å². The van der Waals surface area contributed by atoms with Crippen LogP contribution in [0, 0.1) is 0 Å². The molecular weight excluding hydrogens is 358 g/mol. The van der Waals surface area contributed by atoms with E-state index in [0.29, 0.717) is 18.2 Å². The quantitative estimate of drug-likeness (QED) is 0.849. The number of benzene rings is 1. The highest BCUT2D eigenvalue weighted by atomic mass is 79.9. The number of halogens is 2. The minimum atomic E-state index is -0.732. The Balaban J connectivity index is 1.89. The molecule has 1 aromatic rings. The summed E-state index contributed by atoms with van der Waals surface area (Å²) in [6.07, 6.45) is 3.86. The third-order valence-corrected chi connectivity index (χ3v) is 4.53.